The Kier molecular flexibility index (Phi) is 50.6. The molecule has 1 N–H and O–H groups in total. The van der Waals surface area contributed by atoms with Crippen LogP contribution in [0.3, 0.4) is 0 Å². The lowest BCUT2D eigenvalue weighted by Gasteiger charge is -2.30. The second-order valence-electron chi connectivity index (χ2n) is 21.2. The van der Waals surface area contributed by atoms with Crippen LogP contribution < -0.4 is 10.2 Å². The summed E-state index contributed by atoms with van der Waals surface area (Å²) in [5.74, 6) is -0.566. The first-order valence-corrected chi connectivity index (χ1v) is 31.4. The van der Waals surface area contributed by atoms with Crippen molar-refractivity contribution in [1.29, 1.82) is 0 Å². The van der Waals surface area contributed by atoms with E-state index in [1.807, 2.05) is 33.3 Å². The first kappa shape index (κ1) is 70.2. The van der Waals surface area contributed by atoms with E-state index in [2.05, 4.69) is 99.0 Å². The molecule has 0 rings (SSSR count). The summed E-state index contributed by atoms with van der Waals surface area (Å²) in [5, 5.41) is 3.01. The number of esters is 1. The predicted octanol–water partition coefficient (Wildman–Crippen LogP) is 17.6. The van der Waals surface area contributed by atoms with Gasteiger partial charge in [0.25, 0.3) is 7.82 Å². The Balaban J connectivity index is 5.26. The minimum Gasteiger partial charge on any atom is -0.756 e. The monoisotopic (exact) mass is 1040 g/mol. The van der Waals surface area contributed by atoms with Crippen LogP contribution >= 0.6 is 7.82 Å². The van der Waals surface area contributed by atoms with Gasteiger partial charge < -0.3 is 28.5 Å². The van der Waals surface area contributed by atoms with Gasteiger partial charge >= 0.3 is 5.97 Å². The van der Waals surface area contributed by atoms with Crippen molar-refractivity contribution in [3.8, 4) is 0 Å². The number of hydrogen-bond donors (Lipinski definition) is 1. The number of likely N-dealkylation sites (N-methyl/N-ethyl adjacent to an activating group) is 1. The standard InChI is InChI=1S/C63H113N2O7P/c1-7-10-13-16-19-22-25-27-29-30-31-32-33-34-36-38-41-44-47-50-53-56-63(67)72-61(54-51-48-45-42-39-24-21-18-15-12-9-3)60(59-71-73(68,69)70-58-57-65(4,5)6)64-62(66)55-52-49-46-43-40-37-35-28-26-23-20-17-14-11-8-2/h11,14,17,19-20,22-23,26-27,29,31-32,51,54,60-61H,7-10,12-13,15-16,18,21,24-25,28,30,33-50,52-53,55-59H2,1-6H3,(H-,64,66,68,69)/b14-11+,20-17+,22-19-,26-23+,29-27-,32-31-,54-51-. The molecule has 0 aromatic carbocycles. The topological polar surface area (TPSA) is 114 Å². The van der Waals surface area contributed by atoms with Crippen molar-refractivity contribution in [3.05, 3.63) is 85.1 Å². The lowest BCUT2D eigenvalue weighted by atomic mass is 10.1. The Morgan fingerprint density at radius 1 is 0.507 bits per heavy atom. The molecule has 0 heterocycles. The van der Waals surface area contributed by atoms with Gasteiger partial charge in [0.2, 0.25) is 5.91 Å². The molecular formula is C63H113N2O7P. The number of carbonyl (C=O) groups excluding carboxylic acids is 2. The third-order valence-electron chi connectivity index (χ3n) is 12.9. The van der Waals surface area contributed by atoms with Gasteiger partial charge in [0, 0.05) is 12.8 Å². The number of quaternary nitrogens is 1. The van der Waals surface area contributed by atoms with E-state index < -0.39 is 26.6 Å². The molecule has 0 aromatic heterocycles. The number of carbonyl (C=O) groups is 2. The summed E-state index contributed by atoms with van der Waals surface area (Å²) in [7, 11) is 1.16. The van der Waals surface area contributed by atoms with E-state index in [1.165, 1.54) is 116 Å². The molecular weight excluding hydrogens is 928 g/mol. The summed E-state index contributed by atoms with van der Waals surface area (Å²) in [5.41, 5.74) is 0. The van der Waals surface area contributed by atoms with Crippen LogP contribution in [0.4, 0.5) is 0 Å². The van der Waals surface area contributed by atoms with Crippen LogP contribution in [0, 0.1) is 0 Å². The van der Waals surface area contributed by atoms with Crippen molar-refractivity contribution in [2.24, 2.45) is 0 Å². The number of nitrogens with zero attached hydrogens (tertiary/aromatic N) is 1. The third-order valence-corrected chi connectivity index (χ3v) is 13.8. The molecule has 3 atom stereocenters. The number of ether oxygens (including phenoxy) is 1. The quantitative estimate of drug-likeness (QED) is 0.0161. The molecule has 0 aliphatic heterocycles. The molecule has 0 radical (unpaired) electrons. The minimum atomic E-state index is -4.70. The molecule has 422 valence electrons. The molecule has 0 saturated carbocycles. The highest BCUT2D eigenvalue weighted by Crippen LogP contribution is 2.38. The van der Waals surface area contributed by atoms with Gasteiger partial charge in [-0.25, -0.2) is 0 Å². The molecule has 0 aliphatic rings. The Morgan fingerprint density at radius 3 is 1.45 bits per heavy atom. The smallest absolute Gasteiger partial charge is 0.306 e. The maximum Gasteiger partial charge on any atom is 0.306 e. The lowest BCUT2D eigenvalue weighted by Crippen LogP contribution is -2.47. The van der Waals surface area contributed by atoms with Crippen LogP contribution in [0.15, 0.2) is 85.1 Å². The van der Waals surface area contributed by atoms with Crippen LogP contribution in [-0.2, 0) is 27.9 Å². The molecule has 0 spiro atoms. The van der Waals surface area contributed by atoms with Gasteiger partial charge in [0.1, 0.15) is 19.3 Å². The SMILES string of the molecule is CC/C=C/C=C/C=C/CCCCCCCCCC(=O)NC(COP(=O)([O-])OCC[N+](C)(C)C)C(/C=C\CCCCCCCCCCC)OC(=O)CCCCCCCCCC/C=C\C/C=C\C/C=C\CCCCC. The van der Waals surface area contributed by atoms with E-state index in [4.69, 9.17) is 13.8 Å². The van der Waals surface area contributed by atoms with E-state index in [0.717, 1.165) is 103 Å². The summed E-state index contributed by atoms with van der Waals surface area (Å²) in [6.45, 7) is 6.66. The van der Waals surface area contributed by atoms with Crippen molar-refractivity contribution in [1.82, 2.24) is 5.32 Å². The van der Waals surface area contributed by atoms with Crippen LogP contribution in [-0.4, -0.2) is 69.4 Å². The fraction of sp³-hybridized carbons (Fsp3) is 0.746. The highest BCUT2D eigenvalue weighted by molar-refractivity contribution is 7.45. The zero-order valence-electron chi connectivity index (χ0n) is 48.1. The highest BCUT2D eigenvalue weighted by Gasteiger charge is 2.27. The van der Waals surface area contributed by atoms with Gasteiger partial charge in [-0.3, -0.25) is 14.2 Å². The highest BCUT2D eigenvalue weighted by atomic mass is 31.2. The zero-order chi connectivity index (χ0) is 53.6. The Labute approximate surface area is 450 Å². The number of unbranched alkanes of at least 4 members (excludes halogenated alkanes) is 27. The molecule has 0 bridgehead atoms. The largest absolute Gasteiger partial charge is 0.756 e. The molecule has 0 aromatic rings. The molecule has 3 unspecified atom stereocenters. The van der Waals surface area contributed by atoms with E-state index in [9.17, 15) is 19.0 Å². The summed E-state index contributed by atoms with van der Waals surface area (Å²) in [6.07, 6.45) is 68.3. The lowest BCUT2D eigenvalue weighted by molar-refractivity contribution is -0.870. The van der Waals surface area contributed by atoms with Crippen LogP contribution in [0.5, 0.6) is 0 Å². The molecule has 0 fully saturated rings. The fourth-order valence-electron chi connectivity index (χ4n) is 8.23. The molecule has 9 nitrogen and oxygen atoms in total. The number of rotatable bonds is 53. The summed E-state index contributed by atoms with van der Waals surface area (Å²) in [6, 6.07) is -0.901. The number of phosphoric ester groups is 1. The van der Waals surface area contributed by atoms with E-state index in [-0.39, 0.29) is 24.9 Å². The van der Waals surface area contributed by atoms with Crippen molar-refractivity contribution in [2.45, 2.75) is 264 Å². The predicted molar refractivity (Wildman–Crippen MR) is 311 cm³/mol. The van der Waals surface area contributed by atoms with Gasteiger partial charge in [0.05, 0.1) is 33.8 Å². The molecule has 73 heavy (non-hydrogen) atoms. The summed E-state index contributed by atoms with van der Waals surface area (Å²) >= 11 is 0. The molecule has 10 heteroatoms. The Morgan fingerprint density at radius 2 is 0.932 bits per heavy atom. The maximum atomic E-state index is 13.5. The summed E-state index contributed by atoms with van der Waals surface area (Å²) in [4.78, 5) is 39.9. The second kappa shape index (κ2) is 52.6. The van der Waals surface area contributed by atoms with Crippen LogP contribution in [0.25, 0.3) is 0 Å². The fourth-order valence-corrected chi connectivity index (χ4v) is 8.96. The normalized spacial score (nSPS) is 14.3. The Hall–Kier alpha value is -2.81. The maximum absolute atomic E-state index is 13.5. The molecule has 1 amide bonds. The number of hydrogen-bond acceptors (Lipinski definition) is 7. The van der Waals surface area contributed by atoms with Gasteiger partial charge in [0.15, 0.2) is 0 Å². The number of nitrogens with one attached hydrogen (secondary N) is 1. The van der Waals surface area contributed by atoms with Gasteiger partial charge in [-0.15, -0.1) is 0 Å². The van der Waals surface area contributed by atoms with Gasteiger partial charge in [-0.05, 0) is 89.5 Å². The third kappa shape index (κ3) is 53.8. The van der Waals surface area contributed by atoms with Crippen molar-refractivity contribution in [3.63, 3.8) is 0 Å². The van der Waals surface area contributed by atoms with E-state index >= 15 is 0 Å². The van der Waals surface area contributed by atoms with E-state index in [0.29, 0.717) is 17.4 Å². The zero-order valence-corrected chi connectivity index (χ0v) is 49.0. The van der Waals surface area contributed by atoms with Crippen molar-refractivity contribution >= 4 is 19.7 Å². The average molecular weight is 1040 g/mol. The molecule has 0 saturated heterocycles. The first-order valence-electron chi connectivity index (χ1n) is 29.9. The minimum absolute atomic E-state index is 0.0297. The number of phosphoric acid groups is 1. The van der Waals surface area contributed by atoms with Crippen LogP contribution in [0.2, 0.25) is 0 Å². The number of allylic oxidation sites excluding steroid dienone is 13. The van der Waals surface area contributed by atoms with E-state index in [1.54, 1.807) is 0 Å². The Bertz CT molecular complexity index is 1530. The first-order chi connectivity index (χ1) is 35.4. The average Bonchev–Trinajstić information content (AvgIpc) is 3.35. The summed E-state index contributed by atoms with van der Waals surface area (Å²) < 4.78 is 30.2. The number of amides is 1. The molecule has 0 aliphatic carbocycles. The van der Waals surface area contributed by atoms with Gasteiger partial charge in [-0.1, -0.05) is 235 Å². The second-order valence-corrected chi connectivity index (χ2v) is 22.6. The van der Waals surface area contributed by atoms with Crippen LogP contribution in [0.1, 0.15) is 252 Å². The van der Waals surface area contributed by atoms with Crippen molar-refractivity contribution in [2.75, 3.05) is 40.9 Å². The van der Waals surface area contributed by atoms with Crippen molar-refractivity contribution < 1.29 is 37.3 Å². The van der Waals surface area contributed by atoms with Gasteiger partial charge in [-0.2, -0.15) is 0 Å².